The third-order valence-electron chi connectivity index (χ3n) is 6.39. The van der Waals surface area contributed by atoms with E-state index < -0.39 is 0 Å². The Bertz CT molecular complexity index is 1140. The molecule has 2 aromatic heterocycles. The quantitative estimate of drug-likeness (QED) is 0.332. The van der Waals surface area contributed by atoms with Gasteiger partial charge in [-0.25, -0.2) is 9.97 Å². The van der Waals surface area contributed by atoms with Gasteiger partial charge in [0.2, 0.25) is 0 Å². The lowest BCUT2D eigenvalue weighted by atomic mass is 9.99. The fourth-order valence-electron chi connectivity index (χ4n) is 4.37. The molecule has 7 nitrogen and oxygen atoms in total. The molecule has 2 N–H and O–H groups in total. The summed E-state index contributed by atoms with van der Waals surface area (Å²) in [7, 11) is 4.12. The molecule has 0 radical (unpaired) electrons. The molecule has 1 aromatic carbocycles. The number of nitrogens with zero attached hydrogens (tertiary/aromatic N) is 4. The van der Waals surface area contributed by atoms with Crippen LogP contribution in [0, 0.1) is 6.92 Å². The number of carbonyl (C=O) groups excluding carboxylic acids is 1. The third kappa shape index (κ3) is 6.65. The van der Waals surface area contributed by atoms with Crippen LogP contribution < -0.4 is 15.5 Å². The minimum atomic E-state index is 0.195. The van der Waals surface area contributed by atoms with Gasteiger partial charge in [0, 0.05) is 55.6 Å². The second-order valence-corrected chi connectivity index (χ2v) is 9.33. The van der Waals surface area contributed by atoms with Gasteiger partial charge in [-0.15, -0.1) is 0 Å². The zero-order valence-electron chi connectivity index (χ0n) is 21.1. The van der Waals surface area contributed by atoms with Crippen LogP contribution in [0.4, 0.5) is 17.3 Å². The van der Waals surface area contributed by atoms with E-state index in [9.17, 15) is 4.79 Å². The van der Waals surface area contributed by atoms with Gasteiger partial charge in [0.25, 0.3) is 0 Å². The summed E-state index contributed by atoms with van der Waals surface area (Å²) in [6, 6.07) is 16.0. The van der Waals surface area contributed by atoms with Crippen LogP contribution in [0.2, 0.25) is 0 Å². The average Bonchev–Trinajstić information content (AvgIpc) is 2.88. The fraction of sp³-hybridized carbons (Fsp3) is 0.393. The van der Waals surface area contributed by atoms with Crippen LogP contribution in [0.3, 0.4) is 0 Å². The average molecular weight is 473 g/mol. The summed E-state index contributed by atoms with van der Waals surface area (Å²) in [6.45, 7) is 6.88. The number of aromatic nitrogens is 2. The number of carbonyl (C=O) groups is 1. The van der Waals surface area contributed by atoms with Crippen molar-refractivity contribution in [1.29, 1.82) is 0 Å². The number of unbranched alkanes of at least 4 members (excludes halogenated alkanes) is 1. The van der Waals surface area contributed by atoms with E-state index in [2.05, 4.69) is 51.6 Å². The Kier molecular flexibility index (Phi) is 8.45. The number of Topliss-reactive ketones (excluding diaryl/α,β-unsaturated/α-hetero) is 1. The van der Waals surface area contributed by atoms with Gasteiger partial charge < -0.3 is 20.4 Å². The third-order valence-corrected chi connectivity index (χ3v) is 6.39. The molecule has 3 heterocycles. The van der Waals surface area contributed by atoms with Gasteiger partial charge in [-0.05, 0) is 76.3 Å². The summed E-state index contributed by atoms with van der Waals surface area (Å²) in [5.74, 6) is 1.93. The second kappa shape index (κ2) is 11.9. The molecule has 35 heavy (non-hydrogen) atoms. The first-order valence-corrected chi connectivity index (χ1v) is 12.4. The van der Waals surface area contributed by atoms with Crippen molar-refractivity contribution in [2.24, 2.45) is 0 Å². The molecule has 0 unspecified atom stereocenters. The van der Waals surface area contributed by atoms with Gasteiger partial charge in [-0.3, -0.25) is 4.79 Å². The molecule has 0 amide bonds. The monoisotopic (exact) mass is 472 g/mol. The molecule has 7 heteroatoms. The molecule has 3 aromatic rings. The van der Waals surface area contributed by atoms with Crippen molar-refractivity contribution < 1.29 is 4.79 Å². The molecule has 1 aliphatic heterocycles. The van der Waals surface area contributed by atoms with E-state index in [1.54, 1.807) is 6.20 Å². The maximum atomic E-state index is 12.8. The highest BCUT2D eigenvalue weighted by Crippen LogP contribution is 2.27. The number of hydrogen-bond acceptors (Lipinski definition) is 7. The molecule has 0 aliphatic carbocycles. The molecule has 0 atom stereocenters. The maximum absolute atomic E-state index is 12.8. The van der Waals surface area contributed by atoms with Crippen molar-refractivity contribution in [3.63, 3.8) is 0 Å². The summed E-state index contributed by atoms with van der Waals surface area (Å²) < 4.78 is 0. The predicted molar refractivity (Wildman–Crippen MR) is 144 cm³/mol. The molecule has 184 valence electrons. The number of benzene rings is 1. The van der Waals surface area contributed by atoms with Crippen molar-refractivity contribution in [2.75, 3.05) is 57.0 Å². The van der Waals surface area contributed by atoms with E-state index in [1.165, 1.54) is 0 Å². The van der Waals surface area contributed by atoms with Crippen molar-refractivity contribution in [3.05, 3.63) is 65.9 Å². The minimum Gasteiger partial charge on any atom is -0.354 e. The Morgan fingerprint density at radius 3 is 2.69 bits per heavy atom. The summed E-state index contributed by atoms with van der Waals surface area (Å²) in [6.07, 6.45) is 4.29. The molecule has 1 aliphatic rings. The normalized spacial score (nSPS) is 13.8. The number of ketones is 1. The molecule has 0 spiro atoms. The fourth-order valence-corrected chi connectivity index (χ4v) is 4.37. The number of anilines is 3. The Morgan fingerprint density at radius 1 is 1.09 bits per heavy atom. The topological polar surface area (TPSA) is 73.4 Å². The molecule has 0 bridgehead atoms. The van der Waals surface area contributed by atoms with Gasteiger partial charge in [0.05, 0.1) is 5.69 Å². The summed E-state index contributed by atoms with van der Waals surface area (Å²) in [5.41, 5.74) is 4.56. The minimum absolute atomic E-state index is 0.195. The van der Waals surface area contributed by atoms with Crippen LogP contribution in [0.15, 0.2) is 54.7 Å². The van der Waals surface area contributed by atoms with E-state index in [0.717, 1.165) is 85.3 Å². The molecule has 4 rings (SSSR count). The Morgan fingerprint density at radius 2 is 1.89 bits per heavy atom. The summed E-state index contributed by atoms with van der Waals surface area (Å²) in [5, 5.41) is 6.81. The first-order chi connectivity index (χ1) is 17.0. The zero-order valence-corrected chi connectivity index (χ0v) is 21.1. The lowest BCUT2D eigenvalue weighted by Gasteiger charge is -2.28. The standard InChI is InChI=1S/C28H36N6O/c1-21-23(26(35)11-4-5-17-33(2)3)8-6-9-24(21)31-27-20-22(13-14-30-27)25-10-7-12-28(32-25)34-18-15-29-16-19-34/h6-10,12-14,20,29H,4-5,11,15-19H2,1-3H3,(H,30,31). The van der Waals surface area contributed by atoms with Crippen LogP contribution in [-0.2, 0) is 0 Å². The van der Waals surface area contributed by atoms with Gasteiger partial charge in [0.1, 0.15) is 11.6 Å². The molecular weight excluding hydrogens is 436 g/mol. The molecule has 1 fully saturated rings. The van der Waals surface area contributed by atoms with Gasteiger partial charge in [-0.1, -0.05) is 18.2 Å². The highest BCUT2D eigenvalue weighted by atomic mass is 16.1. The molecular formula is C28H36N6O. The number of pyridine rings is 2. The van der Waals surface area contributed by atoms with Crippen molar-refractivity contribution in [3.8, 4) is 11.3 Å². The van der Waals surface area contributed by atoms with Crippen LogP contribution >= 0.6 is 0 Å². The summed E-state index contributed by atoms with van der Waals surface area (Å²) in [4.78, 5) is 26.7. The van der Waals surface area contributed by atoms with Crippen LogP contribution in [0.1, 0.15) is 35.2 Å². The highest BCUT2D eigenvalue weighted by Gasteiger charge is 2.14. The summed E-state index contributed by atoms with van der Waals surface area (Å²) >= 11 is 0. The number of nitrogens with one attached hydrogen (secondary N) is 2. The van der Waals surface area contributed by atoms with Crippen molar-refractivity contribution >= 4 is 23.1 Å². The lowest BCUT2D eigenvalue weighted by molar-refractivity contribution is 0.0978. The van der Waals surface area contributed by atoms with Gasteiger partial charge >= 0.3 is 0 Å². The first kappa shape index (κ1) is 24.8. The van der Waals surface area contributed by atoms with E-state index in [4.69, 9.17) is 4.98 Å². The van der Waals surface area contributed by atoms with E-state index in [-0.39, 0.29) is 5.78 Å². The zero-order chi connectivity index (χ0) is 24.6. The predicted octanol–water partition coefficient (Wildman–Crippen LogP) is 4.52. The van der Waals surface area contributed by atoms with E-state index in [0.29, 0.717) is 6.42 Å². The van der Waals surface area contributed by atoms with Gasteiger partial charge in [0.15, 0.2) is 5.78 Å². The van der Waals surface area contributed by atoms with Crippen LogP contribution in [-0.4, -0.2) is 67.5 Å². The van der Waals surface area contributed by atoms with Crippen LogP contribution in [0.5, 0.6) is 0 Å². The van der Waals surface area contributed by atoms with E-state index in [1.807, 2.05) is 43.3 Å². The number of rotatable bonds is 10. The highest BCUT2D eigenvalue weighted by molar-refractivity contribution is 5.98. The smallest absolute Gasteiger partial charge is 0.163 e. The largest absolute Gasteiger partial charge is 0.354 e. The van der Waals surface area contributed by atoms with Crippen molar-refractivity contribution in [1.82, 2.24) is 20.2 Å². The Labute approximate surface area is 208 Å². The number of hydrogen-bond donors (Lipinski definition) is 2. The van der Waals surface area contributed by atoms with Crippen molar-refractivity contribution in [2.45, 2.75) is 26.2 Å². The van der Waals surface area contributed by atoms with E-state index >= 15 is 0 Å². The van der Waals surface area contributed by atoms with Crippen LogP contribution in [0.25, 0.3) is 11.3 Å². The lowest BCUT2D eigenvalue weighted by Crippen LogP contribution is -2.43. The Balaban J connectivity index is 1.47. The molecule has 1 saturated heterocycles. The SMILES string of the molecule is Cc1c(Nc2cc(-c3cccc(N4CCNCC4)n3)ccn2)cccc1C(=O)CCCCN(C)C. The first-order valence-electron chi connectivity index (χ1n) is 12.4. The second-order valence-electron chi connectivity index (χ2n) is 9.33. The number of piperazine rings is 1. The van der Waals surface area contributed by atoms with Gasteiger partial charge in [-0.2, -0.15) is 0 Å². The maximum Gasteiger partial charge on any atom is 0.163 e. The molecule has 0 saturated carbocycles. The Hall–Kier alpha value is -3.29.